The highest BCUT2D eigenvalue weighted by atomic mass is 16.5. The third-order valence-electron chi connectivity index (χ3n) is 2.48. The van der Waals surface area contributed by atoms with Crippen LogP contribution in [0.2, 0.25) is 0 Å². The van der Waals surface area contributed by atoms with Crippen molar-refractivity contribution >= 4 is 5.91 Å². The highest BCUT2D eigenvalue weighted by Crippen LogP contribution is 2.12. The quantitative estimate of drug-likeness (QED) is 0.361. The van der Waals surface area contributed by atoms with Crippen molar-refractivity contribution in [3.05, 3.63) is 0 Å². The summed E-state index contributed by atoms with van der Waals surface area (Å²) in [6, 6.07) is -0.135. The van der Waals surface area contributed by atoms with E-state index in [-0.39, 0.29) is 17.9 Å². The number of hydrazine groups is 1. The minimum atomic E-state index is -0.135. The van der Waals surface area contributed by atoms with E-state index in [9.17, 15) is 4.79 Å². The minimum Gasteiger partial charge on any atom is -0.379 e. The molecule has 0 bridgehead atoms. The summed E-state index contributed by atoms with van der Waals surface area (Å²) in [7, 11) is 0. The average Bonchev–Trinajstić information content (AvgIpc) is 2.19. The van der Waals surface area contributed by atoms with Crippen LogP contribution >= 0.6 is 0 Å². The van der Waals surface area contributed by atoms with Gasteiger partial charge in [0.25, 0.3) is 5.91 Å². The predicted octanol–water partition coefficient (Wildman–Crippen LogP) is -0.667. The molecule has 14 heavy (non-hydrogen) atoms. The number of morpholine rings is 1. The number of nitrogens with two attached hydrogens (primary N) is 1. The first-order valence-electron chi connectivity index (χ1n) is 4.99. The Morgan fingerprint density at radius 2 is 2.00 bits per heavy atom. The van der Waals surface area contributed by atoms with Gasteiger partial charge >= 0.3 is 0 Å². The van der Waals surface area contributed by atoms with E-state index < -0.39 is 0 Å². The van der Waals surface area contributed by atoms with Gasteiger partial charge in [-0.15, -0.1) is 0 Å². The Bertz CT molecular complexity index is 190. The smallest absolute Gasteiger partial charge is 0.251 e. The third-order valence-corrected chi connectivity index (χ3v) is 2.48. The number of hydrogen-bond acceptors (Lipinski definition) is 4. The lowest BCUT2D eigenvalue weighted by molar-refractivity contribution is -0.130. The summed E-state index contributed by atoms with van der Waals surface area (Å²) in [5.41, 5.74) is 2.22. The van der Waals surface area contributed by atoms with E-state index >= 15 is 0 Å². The van der Waals surface area contributed by atoms with Gasteiger partial charge in [0.15, 0.2) is 0 Å². The van der Waals surface area contributed by atoms with Crippen LogP contribution in [0.5, 0.6) is 0 Å². The minimum absolute atomic E-state index is 0.109. The molecule has 0 aromatic rings. The molecule has 1 amide bonds. The molecule has 0 saturated carbocycles. The predicted molar refractivity (Wildman–Crippen MR) is 53.3 cm³/mol. The first kappa shape index (κ1) is 11.4. The van der Waals surface area contributed by atoms with E-state index in [2.05, 4.69) is 10.3 Å². The highest BCUT2D eigenvalue weighted by Gasteiger charge is 2.29. The van der Waals surface area contributed by atoms with Crippen LogP contribution in [0.1, 0.15) is 13.8 Å². The van der Waals surface area contributed by atoms with Gasteiger partial charge in [0, 0.05) is 13.1 Å². The van der Waals surface area contributed by atoms with Gasteiger partial charge in [0.05, 0.1) is 19.3 Å². The van der Waals surface area contributed by atoms with E-state index in [0.29, 0.717) is 13.2 Å². The molecule has 1 saturated heterocycles. The van der Waals surface area contributed by atoms with Crippen molar-refractivity contribution in [2.45, 2.75) is 19.9 Å². The molecule has 1 rings (SSSR count). The number of nitrogens with one attached hydrogen (secondary N) is 1. The van der Waals surface area contributed by atoms with Crippen LogP contribution in [0, 0.1) is 5.92 Å². The van der Waals surface area contributed by atoms with Gasteiger partial charge in [-0.1, -0.05) is 13.8 Å². The van der Waals surface area contributed by atoms with Crippen molar-refractivity contribution in [3.63, 3.8) is 0 Å². The Morgan fingerprint density at radius 1 is 1.43 bits per heavy atom. The van der Waals surface area contributed by atoms with Crippen molar-refractivity contribution in [1.82, 2.24) is 10.3 Å². The first-order valence-corrected chi connectivity index (χ1v) is 4.99. The molecule has 0 aliphatic carbocycles. The summed E-state index contributed by atoms with van der Waals surface area (Å²) in [6.07, 6.45) is 0. The zero-order valence-electron chi connectivity index (χ0n) is 8.82. The highest BCUT2D eigenvalue weighted by molar-refractivity contribution is 5.81. The van der Waals surface area contributed by atoms with Crippen molar-refractivity contribution in [2.75, 3.05) is 26.3 Å². The van der Waals surface area contributed by atoms with Crippen molar-refractivity contribution < 1.29 is 9.53 Å². The van der Waals surface area contributed by atoms with Gasteiger partial charge < -0.3 is 4.74 Å². The number of rotatable bonds is 3. The average molecular weight is 201 g/mol. The second kappa shape index (κ2) is 5.29. The maximum Gasteiger partial charge on any atom is 0.251 e. The number of hydrogen-bond donors (Lipinski definition) is 2. The molecule has 0 spiro atoms. The Morgan fingerprint density at radius 3 is 2.43 bits per heavy atom. The van der Waals surface area contributed by atoms with Crippen LogP contribution in [0.25, 0.3) is 0 Å². The molecule has 1 heterocycles. The lowest BCUT2D eigenvalue weighted by Crippen LogP contribution is -2.54. The molecule has 0 aromatic carbocycles. The fourth-order valence-electron chi connectivity index (χ4n) is 1.83. The Kier molecular flexibility index (Phi) is 4.31. The molecule has 0 aromatic heterocycles. The van der Waals surface area contributed by atoms with Crippen LogP contribution in [0.3, 0.4) is 0 Å². The zero-order valence-corrected chi connectivity index (χ0v) is 8.82. The molecule has 1 aliphatic heterocycles. The molecular weight excluding hydrogens is 182 g/mol. The molecule has 3 N–H and O–H groups in total. The maximum atomic E-state index is 11.5. The van der Waals surface area contributed by atoms with Gasteiger partial charge in [-0.2, -0.15) is 0 Å². The lowest BCUT2D eigenvalue weighted by atomic mass is 10.0. The fraction of sp³-hybridized carbons (Fsp3) is 0.889. The molecule has 5 nitrogen and oxygen atoms in total. The van der Waals surface area contributed by atoms with E-state index in [1.807, 2.05) is 13.8 Å². The molecule has 0 radical (unpaired) electrons. The number of nitrogens with zero attached hydrogens (tertiary/aromatic N) is 1. The van der Waals surface area contributed by atoms with Gasteiger partial charge in [-0.3, -0.25) is 15.1 Å². The SMILES string of the molecule is CC(C)C(C(=O)NN)N1CCOCC1. The summed E-state index contributed by atoms with van der Waals surface area (Å²) < 4.78 is 5.24. The number of ether oxygens (including phenoxy) is 1. The molecule has 1 unspecified atom stereocenters. The van der Waals surface area contributed by atoms with E-state index in [1.54, 1.807) is 0 Å². The van der Waals surface area contributed by atoms with E-state index in [1.165, 1.54) is 0 Å². The van der Waals surface area contributed by atoms with Crippen molar-refractivity contribution in [2.24, 2.45) is 11.8 Å². The monoisotopic (exact) mass is 201 g/mol. The maximum absolute atomic E-state index is 11.5. The molecular formula is C9H19N3O2. The van der Waals surface area contributed by atoms with Crippen molar-refractivity contribution in [1.29, 1.82) is 0 Å². The molecule has 1 atom stereocenters. The zero-order chi connectivity index (χ0) is 10.6. The normalized spacial score (nSPS) is 20.9. The second-order valence-corrected chi connectivity index (χ2v) is 3.85. The molecule has 5 heteroatoms. The number of carbonyl (C=O) groups is 1. The second-order valence-electron chi connectivity index (χ2n) is 3.85. The van der Waals surface area contributed by atoms with Crippen molar-refractivity contribution in [3.8, 4) is 0 Å². The summed E-state index contributed by atoms with van der Waals surface area (Å²) in [6.45, 7) is 7.04. The largest absolute Gasteiger partial charge is 0.379 e. The third kappa shape index (κ3) is 2.67. The molecule has 1 aliphatic rings. The first-order chi connectivity index (χ1) is 6.66. The van der Waals surface area contributed by atoms with E-state index in [4.69, 9.17) is 10.6 Å². The van der Waals surface area contributed by atoms with Crippen LogP contribution in [-0.2, 0) is 9.53 Å². The van der Waals surface area contributed by atoms with Crippen LogP contribution in [-0.4, -0.2) is 43.2 Å². The van der Waals surface area contributed by atoms with Gasteiger partial charge in [0.1, 0.15) is 0 Å². The summed E-state index contributed by atoms with van der Waals surface area (Å²) in [5, 5.41) is 0. The van der Waals surface area contributed by atoms with Crippen LogP contribution < -0.4 is 11.3 Å². The van der Waals surface area contributed by atoms with Crippen LogP contribution in [0.15, 0.2) is 0 Å². The number of amides is 1. The summed E-state index contributed by atoms with van der Waals surface area (Å²) in [4.78, 5) is 13.7. The fourth-order valence-corrected chi connectivity index (χ4v) is 1.83. The summed E-state index contributed by atoms with van der Waals surface area (Å²) in [5.74, 6) is 5.31. The van der Waals surface area contributed by atoms with Gasteiger partial charge in [0.2, 0.25) is 0 Å². The summed E-state index contributed by atoms with van der Waals surface area (Å²) >= 11 is 0. The molecule has 1 fully saturated rings. The standard InChI is InChI=1S/C9H19N3O2/c1-7(2)8(9(13)11-10)12-3-5-14-6-4-12/h7-8H,3-6,10H2,1-2H3,(H,11,13). The van der Waals surface area contributed by atoms with Gasteiger partial charge in [-0.05, 0) is 5.92 Å². The topological polar surface area (TPSA) is 67.6 Å². The van der Waals surface area contributed by atoms with Crippen LogP contribution in [0.4, 0.5) is 0 Å². The Labute approximate surface area is 84.5 Å². The lowest BCUT2D eigenvalue weighted by Gasteiger charge is -2.35. The Balaban J connectivity index is 2.60. The molecule has 82 valence electrons. The Hall–Kier alpha value is -0.650. The number of carbonyl (C=O) groups excluding carboxylic acids is 1. The van der Waals surface area contributed by atoms with E-state index in [0.717, 1.165) is 13.1 Å². The van der Waals surface area contributed by atoms with Gasteiger partial charge in [-0.25, -0.2) is 5.84 Å².